The topological polar surface area (TPSA) is 49.8 Å². The van der Waals surface area contributed by atoms with Crippen molar-refractivity contribution in [3.63, 3.8) is 0 Å². The van der Waals surface area contributed by atoms with Gasteiger partial charge in [0.25, 0.3) is 0 Å². The van der Waals surface area contributed by atoms with Gasteiger partial charge in [-0.2, -0.15) is 0 Å². The summed E-state index contributed by atoms with van der Waals surface area (Å²) >= 11 is 0. The normalized spacial score (nSPS) is 20.0. The summed E-state index contributed by atoms with van der Waals surface area (Å²) in [6.07, 6.45) is 0.560. The maximum absolute atomic E-state index is 13.5. The van der Waals surface area contributed by atoms with Crippen LogP contribution in [0, 0.1) is 5.82 Å². The van der Waals surface area contributed by atoms with E-state index in [0.29, 0.717) is 18.6 Å². The molecule has 132 valence electrons. The Labute approximate surface area is 146 Å². The van der Waals surface area contributed by atoms with E-state index in [1.165, 1.54) is 12.1 Å². The van der Waals surface area contributed by atoms with Gasteiger partial charge in [-0.3, -0.25) is 4.79 Å². The van der Waals surface area contributed by atoms with Crippen molar-refractivity contribution in [1.29, 1.82) is 0 Å². The van der Waals surface area contributed by atoms with Gasteiger partial charge in [0.15, 0.2) is 0 Å². The van der Waals surface area contributed by atoms with Crippen LogP contribution in [0.4, 0.5) is 4.39 Å². The summed E-state index contributed by atoms with van der Waals surface area (Å²) in [5, 5.41) is 9.94. The molecule has 0 unspecified atom stereocenters. The number of carbonyl (C=O) groups excluding carboxylic acids is 1. The molecule has 2 aromatic rings. The molecule has 0 aliphatic carbocycles. The molecule has 2 aromatic carbocycles. The average molecular weight is 343 g/mol. The monoisotopic (exact) mass is 343 g/mol. The number of hydrogen-bond acceptors (Lipinski definition) is 3. The van der Waals surface area contributed by atoms with Gasteiger partial charge in [-0.25, -0.2) is 4.39 Å². The van der Waals surface area contributed by atoms with Crippen molar-refractivity contribution < 1.29 is 19.0 Å². The smallest absolute Gasteiger partial charge is 0.249 e. The van der Waals surface area contributed by atoms with Crippen LogP contribution in [0.2, 0.25) is 0 Å². The van der Waals surface area contributed by atoms with Crippen LogP contribution in [0.5, 0.6) is 0 Å². The van der Waals surface area contributed by atoms with E-state index >= 15 is 0 Å². The Balaban J connectivity index is 1.54. The van der Waals surface area contributed by atoms with E-state index in [0.717, 1.165) is 12.0 Å². The number of carbonyl (C=O) groups is 1. The molecular weight excluding hydrogens is 321 g/mol. The van der Waals surface area contributed by atoms with E-state index in [2.05, 4.69) is 0 Å². The van der Waals surface area contributed by atoms with Crippen LogP contribution in [0.1, 0.15) is 23.6 Å². The zero-order valence-electron chi connectivity index (χ0n) is 14.0. The number of ether oxygens (including phenoxy) is 1. The van der Waals surface area contributed by atoms with Gasteiger partial charge in [0.05, 0.1) is 18.8 Å². The van der Waals surface area contributed by atoms with Gasteiger partial charge in [-0.1, -0.05) is 42.5 Å². The quantitative estimate of drug-likeness (QED) is 0.821. The van der Waals surface area contributed by atoms with Crippen molar-refractivity contribution in [3.8, 4) is 0 Å². The summed E-state index contributed by atoms with van der Waals surface area (Å²) < 4.78 is 19.0. The minimum absolute atomic E-state index is 0.0363. The lowest BCUT2D eigenvalue weighted by atomic mass is 10.0. The lowest BCUT2D eigenvalue weighted by Gasteiger charge is -2.24. The maximum atomic E-state index is 13.5. The van der Waals surface area contributed by atoms with E-state index in [-0.39, 0.29) is 30.9 Å². The van der Waals surface area contributed by atoms with Gasteiger partial charge in [0, 0.05) is 6.54 Å². The van der Waals surface area contributed by atoms with Crippen molar-refractivity contribution in [3.05, 3.63) is 71.5 Å². The van der Waals surface area contributed by atoms with E-state index in [1.807, 2.05) is 30.3 Å². The Hall–Kier alpha value is -2.24. The predicted octanol–water partition coefficient (Wildman–Crippen LogP) is 2.72. The van der Waals surface area contributed by atoms with Crippen LogP contribution in [-0.4, -0.2) is 41.8 Å². The summed E-state index contributed by atoms with van der Waals surface area (Å²) in [5.74, 6) is -0.524. The maximum Gasteiger partial charge on any atom is 0.249 e. The molecule has 1 aliphatic rings. The minimum atomic E-state index is -0.596. The molecule has 1 aliphatic heterocycles. The first kappa shape index (κ1) is 17.6. The van der Waals surface area contributed by atoms with Crippen LogP contribution in [0.3, 0.4) is 0 Å². The number of β-amino-alcohol motifs (C(OH)–C–C–N with tert-alkyl or cyclic N) is 1. The largest absolute Gasteiger partial charge is 0.391 e. The van der Waals surface area contributed by atoms with Crippen molar-refractivity contribution in [1.82, 2.24) is 4.90 Å². The number of benzene rings is 2. The summed E-state index contributed by atoms with van der Waals surface area (Å²) in [6.45, 7) is 0.671. The Morgan fingerprint density at radius 3 is 2.76 bits per heavy atom. The van der Waals surface area contributed by atoms with Crippen LogP contribution >= 0.6 is 0 Å². The lowest BCUT2D eigenvalue weighted by Crippen LogP contribution is -2.34. The Morgan fingerprint density at radius 2 is 2.00 bits per heavy atom. The molecule has 1 N–H and O–H groups in total. The van der Waals surface area contributed by atoms with E-state index < -0.39 is 6.10 Å². The van der Waals surface area contributed by atoms with E-state index in [9.17, 15) is 14.3 Å². The number of aliphatic hydroxyl groups excluding tert-OH is 1. The molecule has 25 heavy (non-hydrogen) atoms. The molecule has 0 saturated carbocycles. The van der Waals surface area contributed by atoms with Crippen LogP contribution in [-0.2, 0) is 16.0 Å². The van der Waals surface area contributed by atoms with Crippen LogP contribution in [0.15, 0.2) is 54.6 Å². The molecular formula is C20H22FNO3. The predicted molar refractivity (Wildman–Crippen MR) is 92.4 cm³/mol. The second kappa shape index (κ2) is 8.23. The zero-order chi connectivity index (χ0) is 17.6. The standard InChI is InChI=1S/C20H22FNO3/c21-17-8-4-7-16(11-17)19-12-18(23)13-22(19)20(24)14-25-10-9-15-5-2-1-3-6-15/h1-8,11,18-19,23H,9-10,12-14H2/t18-,19+/m0/s1. The number of aliphatic hydroxyl groups is 1. The van der Waals surface area contributed by atoms with Gasteiger partial charge in [-0.05, 0) is 36.1 Å². The minimum Gasteiger partial charge on any atom is -0.391 e. The van der Waals surface area contributed by atoms with Crippen molar-refractivity contribution in [2.75, 3.05) is 19.8 Å². The first-order valence-corrected chi connectivity index (χ1v) is 8.48. The molecule has 0 spiro atoms. The highest BCUT2D eigenvalue weighted by molar-refractivity contribution is 5.78. The number of rotatable bonds is 6. The highest BCUT2D eigenvalue weighted by Crippen LogP contribution is 2.32. The molecule has 1 amide bonds. The molecule has 4 nitrogen and oxygen atoms in total. The van der Waals surface area contributed by atoms with Gasteiger partial charge in [-0.15, -0.1) is 0 Å². The molecule has 3 rings (SSSR count). The van der Waals surface area contributed by atoms with E-state index in [1.54, 1.807) is 17.0 Å². The average Bonchev–Trinajstić information content (AvgIpc) is 3.01. The Bertz CT molecular complexity index is 707. The molecule has 1 heterocycles. The van der Waals surface area contributed by atoms with Gasteiger partial charge in [0.2, 0.25) is 5.91 Å². The first-order chi connectivity index (χ1) is 12.1. The Kier molecular flexibility index (Phi) is 5.79. The second-order valence-corrected chi connectivity index (χ2v) is 6.29. The molecule has 2 atom stereocenters. The third kappa shape index (κ3) is 4.65. The molecule has 0 bridgehead atoms. The number of nitrogens with zero attached hydrogens (tertiary/aromatic N) is 1. The summed E-state index contributed by atoms with van der Waals surface area (Å²) in [5.41, 5.74) is 1.86. The molecule has 5 heteroatoms. The number of hydrogen-bond donors (Lipinski definition) is 1. The fourth-order valence-corrected chi connectivity index (χ4v) is 3.20. The fourth-order valence-electron chi connectivity index (χ4n) is 3.20. The summed E-state index contributed by atoms with van der Waals surface area (Å²) in [4.78, 5) is 14.1. The van der Waals surface area contributed by atoms with Crippen molar-refractivity contribution in [2.45, 2.75) is 25.0 Å². The SMILES string of the molecule is O=C(COCCc1ccccc1)N1C[C@@H](O)C[C@@H]1c1cccc(F)c1. The fraction of sp³-hybridized carbons (Fsp3) is 0.350. The highest BCUT2D eigenvalue weighted by atomic mass is 19.1. The lowest BCUT2D eigenvalue weighted by molar-refractivity contribution is -0.137. The third-order valence-electron chi connectivity index (χ3n) is 4.44. The Morgan fingerprint density at radius 1 is 1.20 bits per heavy atom. The van der Waals surface area contributed by atoms with Gasteiger partial charge in [0.1, 0.15) is 12.4 Å². The van der Waals surface area contributed by atoms with Crippen molar-refractivity contribution in [2.24, 2.45) is 0 Å². The molecule has 1 saturated heterocycles. The van der Waals surface area contributed by atoms with E-state index in [4.69, 9.17) is 4.74 Å². The van der Waals surface area contributed by atoms with Gasteiger partial charge < -0.3 is 14.7 Å². The molecule has 0 radical (unpaired) electrons. The molecule has 0 aromatic heterocycles. The third-order valence-corrected chi connectivity index (χ3v) is 4.44. The summed E-state index contributed by atoms with van der Waals surface area (Å²) in [7, 11) is 0. The highest BCUT2D eigenvalue weighted by Gasteiger charge is 2.35. The van der Waals surface area contributed by atoms with Crippen LogP contribution < -0.4 is 0 Å². The molecule has 1 fully saturated rings. The second-order valence-electron chi connectivity index (χ2n) is 6.29. The first-order valence-electron chi connectivity index (χ1n) is 8.48. The van der Waals surface area contributed by atoms with Gasteiger partial charge >= 0.3 is 0 Å². The van der Waals surface area contributed by atoms with Crippen molar-refractivity contribution >= 4 is 5.91 Å². The van der Waals surface area contributed by atoms with Crippen LogP contribution in [0.25, 0.3) is 0 Å². The zero-order valence-corrected chi connectivity index (χ0v) is 14.0. The number of halogens is 1. The number of amides is 1. The summed E-state index contributed by atoms with van der Waals surface area (Å²) in [6, 6.07) is 15.8. The number of likely N-dealkylation sites (tertiary alicyclic amines) is 1.